The molecule has 1 fully saturated rings. The minimum Gasteiger partial charge on any atom is -0.453 e. The summed E-state index contributed by atoms with van der Waals surface area (Å²) in [5, 5.41) is 12.4. The van der Waals surface area contributed by atoms with Gasteiger partial charge in [-0.3, -0.25) is 10.1 Å². The molecule has 218 valence electrons. The highest BCUT2D eigenvalue weighted by molar-refractivity contribution is 6.98. The Bertz CT molecular complexity index is 1240. The topological polar surface area (TPSA) is 108 Å². The van der Waals surface area contributed by atoms with Crippen LogP contribution >= 0.6 is 0 Å². The zero-order valence-electron chi connectivity index (χ0n) is 23.9. The minimum absolute atomic E-state index is 0.0971. The summed E-state index contributed by atoms with van der Waals surface area (Å²) in [6.07, 6.45) is 1.54. The van der Waals surface area contributed by atoms with Gasteiger partial charge in [0.05, 0.1) is 23.2 Å². The maximum Gasteiger partial charge on any atom is 0.338 e. The monoisotopic (exact) mass is 577 g/mol. The maximum absolute atomic E-state index is 13.1. The number of non-ortho nitro benzene ring substituents is 1. The molecule has 3 aromatic carbocycles. The molecule has 0 unspecified atom stereocenters. The Labute approximate surface area is 242 Å². The first-order valence-corrected chi connectivity index (χ1v) is 16.1. The first kappa shape index (κ1) is 30.6. The van der Waals surface area contributed by atoms with Crippen LogP contribution in [0.3, 0.4) is 0 Å². The Morgan fingerprint density at radius 3 is 2.15 bits per heavy atom. The third kappa shape index (κ3) is 6.93. The third-order valence-corrected chi connectivity index (χ3v) is 12.6. The maximum atomic E-state index is 13.1. The number of nitrogens with zero attached hydrogens (tertiary/aromatic N) is 1. The summed E-state index contributed by atoms with van der Waals surface area (Å²) in [7, 11) is -3.22. The number of unbranched alkanes of at least 4 members (excludes halogenated alkanes) is 1. The average molecular weight is 578 g/mol. The van der Waals surface area contributed by atoms with E-state index < -0.39 is 42.6 Å². The fourth-order valence-corrected chi connectivity index (χ4v) is 9.22. The Morgan fingerprint density at radius 1 is 1.02 bits per heavy atom. The quantitative estimate of drug-likeness (QED) is 0.1000. The van der Waals surface area contributed by atoms with E-state index in [4.69, 9.17) is 14.2 Å². The highest BCUT2D eigenvalue weighted by atomic mass is 28.4. The van der Waals surface area contributed by atoms with Crippen molar-refractivity contribution < 1.29 is 28.7 Å². The van der Waals surface area contributed by atoms with E-state index in [0.29, 0.717) is 26.1 Å². The van der Waals surface area contributed by atoms with Crippen molar-refractivity contribution in [3.63, 3.8) is 0 Å². The van der Waals surface area contributed by atoms with Gasteiger partial charge in [0.15, 0.2) is 6.10 Å². The standard InChI is InChI=1S/C32H39NO7Si/c1-4-5-22-38-29-23-39-28(30(29)40-31(34)24-16-18-25(19-17-24)33(35)36)20-21-32(2,3)41(37,26-12-8-6-9-13-26)27-14-10-7-11-15-27/h6-19,28-30,37H,4-5,20-23H2,1-3H3/t28-,29-,30-/m1/s1. The Morgan fingerprint density at radius 2 is 1.61 bits per heavy atom. The molecule has 0 saturated carbocycles. The van der Waals surface area contributed by atoms with E-state index in [1.807, 2.05) is 60.7 Å². The molecule has 3 aromatic rings. The second-order valence-electron chi connectivity index (χ2n) is 11.2. The molecule has 0 radical (unpaired) electrons. The first-order valence-electron chi connectivity index (χ1n) is 14.2. The largest absolute Gasteiger partial charge is 0.453 e. The Hall–Kier alpha value is -3.37. The lowest BCUT2D eigenvalue weighted by Gasteiger charge is -2.42. The van der Waals surface area contributed by atoms with Crippen LogP contribution in [-0.4, -0.2) is 55.5 Å². The molecule has 41 heavy (non-hydrogen) atoms. The van der Waals surface area contributed by atoms with Crippen LogP contribution in [-0.2, 0) is 14.2 Å². The van der Waals surface area contributed by atoms with Crippen LogP contribution in [0.1, 0.15) is 56.8 Å². The zero-order valence-corrected chi connectivity index (χ0v) is 24.9. The number of rotatable bonds is 13. The highest BCUT2D eigenvalue weighted by Gasteiger charge is 2.51. The number of nitro benzene ring substituents is 1. The van der Waals surface area contributed by atoms with Crippen LogP contribution in [0.5, 0.6) is 0 Å². The van der Waals surface area contributed by atoms with E-state index in [-0.39, 0.29) is 11.3 Å². The molecule has 8 nitrogen and oxygen atoms in total. The third-order valence-electron chi connectivity index (χ3n) is 8.01. The molecule has 0 amide bonds. The van der Waals surface area contributed by atoms with Crippen LogP contribution in [0.15, 0.2) is 84.9 Å². The predicted molar refractivity (Wildman–Crippen MR) is 160 cm³/mol. The lowest BCUT2D eigenvalue weighted by atomic mass is 9.99. The van der Waals surface area contributed by atoms with Crippen LogP contribution in [0.25, 0.3) is 0 Å². The van der Waals surface area contributed by atoms with Gasteiger partial charge in [0.1, 0.15) is 6.10 Å². The SMILES string of the molecule is CCCCO[C@@H]1CO[C@H](CCC(C)(C)[Si](O)(c2ccccc2)c2ccccc2)[C@H]1OC(=O)c1ccc([N+](=O)[O-])cc1. The van der Waals surface area contributed by atoms with Crippen molar-refractivity contribution in [2.45, 2.75) is 69.8 Å². The van der Waals surface area contributed by atoms with Crippen molar-refractivity contribution >= 4 is 30.3 Å². The minimum atomic E-state index is -3.22. The molecule has 1 heterocycles. The molecular formula is C32H39NO7Si. The average Bonchev–Trinajstić information content (AvgIpc) is 3.37. The first-order chi connectivity index (χ1) is 19.7. The number of ether oxygens (including phenoxy) is 3. The van der Waals surface area contributed by atoms with E-state index in [9.17, 15) is 19.7 Å². The van der Waals surface area contributed by atoms with Gasteiger partial charge in [-0.05, 0) is 46.8 Å². The van der Waals surface area contributed by atoms with E-state index in [1.165, 1.54) is 24.3 Å². The molecule has 4 rings (SSSR count). The predicted octanol–water partition coefficient (Wildman–Crippen LogP) is 5.02. The number of carbonyl (C=O) groups is 1. The molecule has 0 bridgehead atoms. The summed E-state index contributed by atoms with van der Waals surface area (Å²) in [4.78, 5) is 36.1. The molecule has 1 aliphatic heterocycles. The van der Waals surface area contributed by atoms with Crippen molar-refractivity contribution in [3.8, 4) is 0 Å². The Balaban J connectivity index is 1.55. The molecule has 1 aliphatic rings. The number of hydrogen-bond acceptors (Lipinski definition) is 7. The second-order valence-corrected chi connectivity index (χ2v) is 15.1. The van der Waals surface area contributed by atoms with Gasteiger partial charge < -0.3 is 19.0 Å². The van der Waals surface area contributed by atoms with Crippen LogP contribution in [0.4, 0.5) is 5.69 Å². The van der Waals surface area contributed by atoms with Crippen LogP contribution < -0.4 is 10.4 Å². The lowest BCUT2D eigenvalue weighted by molar-refractivity contribution is -0.384. The highest BCUT2D eigenvalue weighted by Crippen LogP contribution is 2.41. The second kappa shape index (κ2) is 13.5. The summed E-state index contributed by atoms with van der Waals surface area (Å²) in [5.41, 5.74) is 0.129. The van der Waals surface area contributed by atoms with Crippen molar-refractivity contribution in [3.05, 3.63) is 101 Å². The summed E-state index contributed by atoms with van der Waals surface area (Å²) in [5.74, 6) is -0.580. The number of nitro groups is 1. The van der Waals surface area contributed by atoms with Gasteiger partial charge >= 0.3 is 5.97 Å². The van der Waals surface area contributed by atoms with Crippen LogP contribution in [0, 0.1) is 10.1 Å². The molecule has 0 aliphatic carbocycles. The number of esters is 1. The van der Waals surface area contributed by atoms with E-state index >= 15 is 0 Å². The van der Waals surface area contributed by atoms with Crippen molar-refractivity contribution in [2.24, 2.45) is 0 Å². The van der Waals surface area contributed by atoms with E-state index in [2.05, 4.69) is 20.8 Å². The van der Waals surface area contributed by atoms with Gasteiger partial charge in [-0.15, -0.1) is 0 Å². The molecule has 0 spiro atoms. The fraction of sp³-hybridized carbons (Fsp3) is 0.406. The van der Waals surface area contributed by atoms with E-state index in [1.54, 1.807) is 0 Å². The summed E-state index contributed by atoms with van der Waals surface area (Å²) in [6, 6.07) is 25.1. The molecule has 0 aromatic heterocycles. The zero-order chi connectivity index (χ0) is 29.5. The summed E-state index contributed by atoms with van der Waals surface area (Å²) >= 11 is 0. The van der Waals surface area contributed by atoms with Gasteiger partial charge in [0, 0.05) is 18.7 Å². The Kier molecular flexibility index (Phi) is 10.1. The lowest BCUT2D eigenvalue weighted by Crippen LogP contribution is -2.65. The smallest absolute Gasteiger partial charge is 0.338 e. The van der Waals surface area contributed by atoms with Gasteiger partial charge in [0.2, 0.25) is 0 Å². The fourth-order valence-electron chi connectivity index (χ4n) is 5.47. The summed E-state index contributed by atoms with van der Waals surface area (Å²) in [6.45, 7) is 7.10. The molecule has 3 atom stereocenters. The number of carbonyl (C=O) groups excluding carboxylic acids is 1. The number of hydrogen-bond donors (Lipinski definition) is 1. The van der Waals surface area contributed by atoms with Gasteiger partial charge in [-0.25, -0.2) is 4.79 Å². The number of benzene rings is 3. The normalized spacial score (nSPS) is 19.2. The molecule has 1 saturated heterocycles. The van der Waals surface area contributed by atoms with Crippen LogP contribution in [0.2, 0.25) is 5.04 Å². The van der Waals surface area contributed by atoms with Crippen molar-refractivity contribution in [1.29, 1.82) is 0 Å². The van der Waals surface area contributed by atoms with Gasteiger partial charge in [0.25, 0.3) is 14.0 Å². The molecule has 9 heteroatoms. The van der Waals surface area contributed by atoms with Crippen molar-refractivity contribution in [2.75, 3.05) is 13.2 Å². The van der Waals surface area contributed by atoms with Crippen molar-refractivity contribution in [1.82, 2.24) is 0 Å². The molecular weight excluding hydrogens is 538 g/mol. The molecule has 1 N–H and O–H groups in total. The van der Waals surface area contributed by atoms with Gasteiger partial charge in [-0.2, -0.15) is 0 Å². The summed E-state index contributed by atoms with van der Waals surface area (Å²) < 4.78 is 18.2. The van der Waals surface area contributed by atoms with Gasteiger partial charge in [-0.1, -0.05) is 87.9 Å². The van der Waals surface area contributed by atoms with E-state index in [0.717, 1.165) is 23.2 Å².